The van der Waals surface area contributed by atoms with Crippen molar-refractivity contribution < 1.29 is 9.59 Å². The summed E-state index contributed by atoms with van der Waals surface area (Å²) in [6.07, 6.45) is 4.75. The number of aromatic nitrogens is 1. The van der Waals surface area contributed by atoms with Crippen LogP contribution in [0.2, 0.25) is 0 Å². The highest BCUT2D eigenvalue weighted by Crippen LogP contribution is 2.19. The lowest BCUT2D eigenvalue weighted by atomic mass is 10.1. The number of carbonyl (C=O) groups excluding carboxylic acids is 2. The van der Waals surface area contributed by atoms with Gasteiger partial charge in [0.1, 0.15) is 0 Å². The second kappa shape index (κ2) is 8.55. The van der Waals surface area contributed by atoms with Gasteiger partial charge in [-0.2, -0.15) is 0 Å². The van der Waals surface area contributed by atoms with E-state index in [1.165, 1.54) is 17.4 Å². The monoisotopic (exact) mass is 427 g/mol. The first-order chi connectivity index (χ1) is 12.6. The van der Waals surface area contributed by atoms with E-state index >= 15 is 0 Å². The first-order valence-electron chi connectivity index (χ1n) is 7.66. The number of halogens is 1. The van der Waals surface area contributed by atoms with Crippen LogP contribution in [0.4, 0.5) is 10.8 Å². The van der Waals surface area contributed by atoms with Gasteiger partial charge >= 0.3 is 0 Å². The Morgan fingerprint density at radius 1 is 1.04 bits per heavy atom. The Bertz CT molecular complexity index is 938. The van der Waals surface area contributed by atoms with E-state index in [0.29, 0.717) is 16.4 Å². The molecule has 0 fully saturated rings. The van der Waals surface area contributed by atoms with Crippen molar-refractivity contribution in [3.8, 4) is 0 Å². The molecule has 2 aromatic carbocycles. The van der Waals surface area contributed by atoms with Gasteiger partial charge in [-0.05, 0) is 35.9 Å². The maximum atomic E-state index is 12.4. The van der Waals surface area contributed by atoms with Crippen LogP contribution in [-0.4, -0.2) is 16.8 Å². The zero-order valence-electron chi connectivity index (χ0n) is 13.5. The lowest BCUT2D eigenvalue weighted by molar-refractivity contribution is -0.111. The zero-order valence-corrected chi connectivity index (χ0v) is 15.9. The predicted molar refractivity (Wildman–Crippen MR) is 108 cm³/mol. The molecule has 0 saturated heterocycles. The molecule has 5 nitrogen and oxygen atoms in total. The van der Waals surface area contributed by atoms with Crippen LogP contribution in [0.15, 0.2) is 70.7 Å². The summed E-state index contributed by atoms with van der Waals surface area (Å²) in [4.78, 5) is 28.6. The van der Waals surface area contributed by atoms with Gasteiger partial charge in [0.2, 0.25) is 5.91 Å². The lowest BCUT2D eigenvalue weighted by Crippen LogP contribution is -2.16. The summed E-state index contributed by atoms with van der Waals surface area (Å²) in [5.41, 5.74) is 1.71. The number of nitrogens with zero attached hydrogens (tertiary/aromatic N) is 1. The first kappa shape index (κ1) is 18.0. The van der Waals surface area contributed by atoms with Crippen molar-refractivity contribution in [2.75, 3.05) is 10.6 Å². The van der Waals surface area contributed by atoms with Gasteiger partial charge < -0.3 is 5.32 Å². The molecule has 3 rings (SSSR count). The highest BCUT2D eigenvalue weighted by atomic mass is 79.9. The van der Waals surface area contributed by atoms with E-state index in [0.717, 1.165) is 10.0 Å². The number of anilines is 2. The van der Waals surface area contributed by atoms with E-state index in [2.05, 4.69) is 31.5 Å². The minimum absolute atomic E-state index is 0.317. The fraction of sp³-hybridized carbons (Fsp3) is 0. The second-order valence-electron chi connectivity index (χ2n) is 5.21. The number of benzene rings is 2. The molecular formula is C19H14BrN3O2S. The molecule has 130 valence electrons. The van der Waals surface area contributed by atoms with Gasteiger partial charge in [-0.25, -0.2) is 4.98 Å². The molecule has 26 heavy (non-hydrogen) atoms. The van der Waals surface area contributed by atoms with E-state index in [9.17, 15) is 9.59 Å². The molecule has 0 unspecified atom stereocenters. The number of para-hydroxylation sites is 1. The highest BCUT2D eigenvalue weighted by molar-refractivity contribution is 9.10. The van der Waals surface area contributed by atoms with E-state index in [4.69, 9.17) is 0 Å². The molecule has 0 aliphatic rings. The third-order valence-corrected chi connectivity index (χ3v) is 4.60. The fourth-order valence-electron chi connectivity index (χ4n) is 2.16. The Kier molecular flexibility index (Phi) is 5.93. The Balaban J connectivity index is 1.70. The summed E-state index contributed by atoms with van der Waals surface area (Å²) in [5, 5.41) is 7.73. The number of rotatable bonds is 5. The fourth-order valence-corrected chi connectivity index (χ4v) is 2.95. The van der Waals surface area contributed by atoms with Crippen LogP contribution in [0.3, 0.4) is 0 Å². The number of hydrogen-bond acceptors (Lipinski definition) is 4. The third kappa shape index (κ3) is 4.87. The number of hydrogen-bond donors (Lipinski definition) is 2. The smallest absolute Gasteiger partial charge is 0.259 e. The number of amides is 2. The summed E-state index contributed by atoms with van der Waals surface area (Å²) in [6.45, 7) is 0. The Hall–Kier alpha value is -2.77. The molecule has 0 saturated carbocycles. The number of carbonyl (C=O) groups is 2. The molecule has 0 bridgehead atoms. The van der Waals surface area contributed by atoms with Gasteiger partial charge in [0.05, 0.1) is 11.3 Å². The van der Waals surface area contributed by atoms with Crippen LogP contribution in [0, 0.1) is 0 Å². The van der Waals surface area contributed by atoms with Gasteiger partial charge in [0.15, 0.2) is 5.13 Å². The summed E-state index contributed by atoms with van der Waals surface area (Å²) < 4.78 is 0.972. The maximum absolute atomic E-state index is 12.4. The van der Waals surface area contributed by atoms with E-state index in [1.807, 2.05) is 24.3 Å². The van der Waals surface area contributed by atoms with Crippen LogP contribution in [-0.2, 0) is 4.79 Å². The topological polar surface area (TPSA) is 71.1 Å². The van der Waals surface area contributed by atoms with Crippen LogP contribution in [0.25, 0.3) is 6.08 Å². The molecule has 7 heteroatoms. The normalized spacial score (nSPS) is 10.7. The highest BCUT2D eigenvalue weighted by Gasteiger charge is 2.13. The molecule has 3 aromatic rings. The summed E-state index contributed by atoms with van der Waals surface area (Å²) in [6, 6.07) is 14.4. The van der Waals surface area contributed by atoms with Crippen LogP contribution in [0.5, 0.6) is 0 Å². The lowest BCUT2D eigenvalue weighted by Gasteiger charge is -2.09. The molecule has 0 radical (unpaired) electrons. The minimum atomic E-state index is -0.326. The van der Waals surface area contributed by atoms with Gasteiger partial charge in [-0.3, -0.25) is 14.9 Å². The molecule has 0 aliphatic carbocycles. The van der Waals surface area contributed by atoms with Crippen LogP contribution >= 0.6 is 27.3 Å². The average molecular weight is 428 g/mol. The standard InChI is InChI=1S/C19H14BrN3O2S/c20-14-8-5-13(6-9-14)7-10-17(24)22-16-4-2-1-3-15(16)18(25)23-19-21-11-12-26-19/h1-12H,(H,22,24)(H,21,23,25)/b10-7+. The number of thiazole rings is 1. The average Bonchev–Trinajstić information content (AvgIpc) is 3.14. The summed E-state index contributed by atoms with van der Waals surface area (Å²) in [5.74, 6) is -0.643. The van der Waals surface area contributed by atoms with Crippen molar-refractivity contribution in [3.63, 3.8) is 0 Å². The Labute approximate surface area is 162 Å². The van der Waals surface area contributed by atoms with Gasteiger partial charge in [0, 0.05) is 22.1 Å². The summed E-state index contributed by atoms with van der Waals surface area (Å²) >= 11 is 4.69. The zero-order chi connectivity index (χ0) is 18.4. The molecule has 2 amide bonds. The predicted octanol–water partition coefficient (Wildman–Crippen LogP) is 4.81. The quantitative estimate of drug-likeness (QED) is 0.573. The summed E-state index contributed by atoms with van der Waals surface area (Å²) in [7, 11) is 0. The van der Waals surface area contributed by atoms with Crippen molar-refractivity contribution in [3.05, 3.63) is 81.8 Å². The number of nitrogens with one attached hydrogen (secondary N) is 2. The van der Waals surface area contributed by atoms with E-state index in [1.54, 1.807) is 41.9 Å². The van der Waals surface area contributed by atoms with Crippen molar-refractivity contribution in [1.82, 2.24) is 4.98 Å². The van der Waals surface area contributed by atoms with Crippen LogP contribution < -0.4 is 10.6 Å². The van der Waals surface area contributed by atoms with Crippen molar-refractivity contribution in [1.29, 1.82) is 0 Å². The minimum Gasteiger partial charge on any atom is -0.322 e. The Morgan fingerprint density at radius 2 is 1.81 bits per heavy atom. The molecule has 0 aliphatic heterocycles. The van der Waals surface area contributed by atoms with Crippen LogP contribution in [0.1, 0.15) is 15.9 Å². The van der Waals surface area contributed by atoms with Crippen molar-refractivity contribution in [2.24, 2.45) is 0 Å². The molecular weight excluding hydrogens is 414 g/mol. The molecule has 0 spiro atoms. The SMILES string of the molecule is O=C(/C=C/c1ccc(Br)cc1)Nc1ccccc1C(=O)Nc1nccs1. The maximum Gasteiger partial charge on any atom is 0.259 e. The molecule has 0 atom stereocenters. The molecule has 1 heterocycles. The Morgan fingerprint density at radius 3 is 2.54 bits per heavy atom. The van der Waals surface area contributed by atoms with Crippen molar-refractivity contribution in [2.45, 2.75) is 0 Å². The van der Waals surface area contributed by atoms with Gasteiger partial charge in [0.25, 0.3) is 5.91 Å². The largest absolute Gasteiger partial charge is 0.322 e. The van der Waals surface area contributed by atoms with E-state index < -0.39 is 0 Å². The second-order valence-corrected chi connectivity index (χ2v) is 7.02. The van der Waals surface area contributed by atoms with Gasteiger partial charge in [-0.15, -0.1) is 11.3 Å². The van der Waals surface area contributed by atoms with Gasteiger partial charge in [-0.1, -0.05) is 40.2 Å². The van der Waals surface area contributed by atoms with Crippen molar-refractivity contribution >= 4 is 56.0 Å². The molecule has 1 aromatic heterocycles. The molecule has 2 N–H and O–H groups in total. The third-order valence-electron chi connectivity index (χ3n) is 3.38. The van der Waals surface area contributed by atoms with E-state index in [-0.39, 0.29) is 11.8 Å². The first-order valence-corrected chi connectivity index (χ1v) is 9.33.